The van der Waals surface area contributed by atoms with Gasteiger partial charge in [0.15, 0.2) is 11.9 Å². The number of rotatable bonds is 5. The van der Waals surface area contributed by atoms with Gasteiger partial charge in [-0.2, -0.15) is 0 Å². The van der Waals surface area contributed by atoms with Crippen LogP contribution >= 0.6 is 11.6 Å². The van der Waals surface area contributed by atoms with Crippen LogP contribution in [0.15, 0.2) is 66.7 Å². The molecule has 0 aliphatic heterocycles. The zero-order valence-corrected chi connectivity index (χ0v) is 16.4. The Morgan fingerprint density at radius 2 is 1.82 bits per heavy atom. The van der Waals surface area contributed by atoms with Crippen LogP contribution in [-0.2, 0) is 6.54 Å². The number of aryl methyl sites for hydroxylation is 1. The summed E-state index contributed by atoms with van der Waals surface area (Å²) in [5.74, 6) is 1.24. The molecule has 0 fully saturated rings. The molecule has 1 atom stereocenters. The van der Waals surface area contributed by atoms with Crippen molar-refractivity contribution in [3.8, 4) is 5.75 Å². The van der Waals surface area contributed by atoms with Crippen molar-refractivity contribution in [2.24, 2.45) is 0 Å². The summed E-state index contributed by atoms with van der Waals surface area (Å²) in [5, 5.41) is 0.701. The van der Waals surface area contributed by atoms with E-state index in [-0.39, 0.29) is 11.9 Å². The molecule has 0 saturated heterocycles. The van der Waals surface area contributed by atoms with Crippen molar-refractivity contribution in [2.75, 3.05) is 0 Å². The van der Waals surface area contributed by atoms with Crippen molar-refractivity contribution < 1.29 is 9.13 Å². The maximum atomic E-state index is 14.3. The fourth-order valence-electron chi connectivity index (χ4n) is 3.31. The molecule has 142 valence electrons. The van der Waals surface area contributed by atoms with Gasteiger partial charge in [-0.05, 0) is 55.8 Å². The molecule has 3 nitrogen and oxygen atoms in total. The Morgan fingerprint density at radius 3 is 2.61 bits per heavy atom. The molecule has 5 heteroatoms. The van der Waals surface area contributed by atoms with Crippen LogP contribution in [-0.4, -0.2) is 9.55 Å². The number of benzene rings is 3. The third-order valence-electron chi connectivity index (χ3n) is 4.78. The van der Waals surface area contributed by atoms with Gasteiger partial charge in [0.05, 0.1) is 17.6 Å². The Balaban J connectivity index is 1.73. The lowest BCUT2D eigenvalue weighted by atomic mass is 10.2. The molecule has 0 bridgehead atoms. The molecule has 1 aromatic heterocycles. The summed E-state index contributed by atoms with van der Waals surface area (Å²) in [6, 6.07) is 20.2. The third-order valence-corrected chi connectivity index (χ3v) is 5.20. The van der Waals surface area contributed by atoms with Crippen LogP contribution in [0.3, 0.4) is 0 Å². The molecule has 0 amide bonds. The Bertz CT molecular complexity index is 1140. The van der Waals surface area contributed by atoms with E-state index >= 15 is 0 Å². The number of hydrogen-bond acceptors (Lipinski definition) is 2. The Labute approximate surface area is 168 Å². The maximum absolute atomic E-state index is 14.3. The lowest BCUT2D eigenvalue weighted by Gasteiger charge is -2.17. The largest absolute Gasteiger partial charge is 0.483 e. The van der Waals surface area contributed by atoms with Gasteiger partial charge >= 0.3 is 0 Å². The summed E-state index contributed by atoms with van der Waals surface area (Å²) in [7, 11) is 0. The quantitative estimate of drug-likeness (QED) is 0.395. The summed E-state index contributed by atoms with van der Waals surface area (Å²) < 4.78 is 22.4. The van der Waals surface area contributed by atoms with Gasteiger partial charge in [0.1, 0.15) is 11.6 Å². The van der Waals surface area contributed by atoms with Gasteiger partial charge in [-0.1, -0.05) is 41.9 Å². The standard InChI is InChI=1S/C23H20ClFN2O/c1-15-13-18(11-12-19(15)24)28-16(2)23-26-21-9-5-6-10-22(21)27(23)14-17-7-3-4-8-20(17)25/h3-13,16H,14H2,1-2H3. The minimum absolute atomic E-state index is 0.229. The van der Waals surface area contributed by atoms with Crippen molar-refractivity contribution >= 4 is 22.6 Å². The van der Waals surface area contributed by atoms with Gasteiger partial charge in [0.25, 0.3) is 0 Å². The van der Waals surface area contributed by atoms with E-state index in [1.807, 2.05) is 66.9 Å². The lowest BCUT2D eigenvalue weighted by Crippen LogP contribution is -2.13. The molecule has 1 unspecified atom stereocenters. The Hall–Kier alpha value is -2.85. The summed E-state index contributed by atoms with van der Waals surface area (Å²) >= 11 is 6.11. The monoisotopic (exact) mass is 394 g/mol. The first-order chi connectivity index (χ1) is 13.5. The van der Waals surface area contributed by atoms with Crippen molar-refractivity contribution in [3.05, 3.63) is 94.5 Å². The lowest BCUT2D eigenvalue weighted by molar-refractivity contribution is 0.212. The number of ether oxygens (including phenoxy) is 1. The molecule has 0 N–H and O–H groups in total. The van der Waals surface area contributed by atoms with Crippen LogP contribution in [0.5, 0.6) is 5.75 Å². The minimum atomic E-state index is -0.320. The molecule has 0 saturated carbocycles. The van der Waals surface area contributed by atoms with Gasteiger partial charge in [0.2, 0.25) is 0 Å². The highest BCUT2D eigenvalue weighted by Crippen LogP contribution is 2.28. The van der Waals surface area contributed by atoms with Crippen LogP contribution in [0.25, 0.3) is 11.0 Å². The van der Waals surface area contributed by atoms with Crippen LogP contribution in [0.2, 0.25) is 5.02 Å². The number of fused-ring (bicyclic) bond motifs is 1. The molecule has 0 aliphatic carbocycles. The highest BCUT2D eigenvalue weighted by atomic mass is 35.5. The highest BCUT2D eigenvalue weighted by Gasteiger charge is 2.19. The number of aromatic nitrogens is 2. The molecular weight excluding hydrogens is 375 g/mol. The molecule has 28 heavy (non-hydrogen) atoms. The first kappa shape index (κ1) is 18.5. The van der Waals surface area contributed by atoms with E-state index in [1.165, 1.54) is 6.07 Å². The Kier molecular flexibility index (Phi) is 5.05. The number of para-hydroxylation sites is 2. The van der Waals surface area contributed by atoms with Gasteiger partial charge in [0, 0.05) is 10.6 Å². The fourth-order valence-corrected chi connectivity index (χ4v) is 3.43. The SMILES string of the molecule is Cc1cc(OC(C)c2nc3ccccc3n2Cc2ccccc2F)ccc1Cl. The topological polar surface area (TPSA) is 27.1 Å². The van der Waals surface area contributed by atoms with Crippen molar-refractivity contribution in [1.82, 2.24) is 9.55 Å². The van der Waals surface area contributed by atoms with Gasteiger partial charge in [-0.3, -0.25) is 0 Å². The van der Waals surface area contributed by atoms with Crippen molar-refractivity contribution in [3.63, 3.8) is 0 Å². The van der Waals surface area contributed by atoms with E-state index in [0.29, 0.717) is 17.1 Å². The first-order valence-corrected chi connectivity index (χ1v) is 9.52. The van der Waals surface area contributed by atoms with E-state index in [4.69, 9.17) is 21.3 Å². The summed E-state index contributed by atoms with van der Waals surface area (Å²) in [5.41, 5.74) is 3.37. The highest BCUT2D eigenvalue weighted by molar-refractivity contribution is 6.31. The van der Waals surface area contributed by atoms with E-state index < -0.39 is 0 Å². The van der Waals surface area contributed by atoms with Crippen molar-refractivity contribution in [2.45, 2.75) is 26.5 Å². The second-order valence-electron chi connectivity index (χ2n) is 6.81. The normalized spacial score (nSPS) is 12.3. The molecule has 4 aromatic rings. The van der Waals surface area contributed by atoms with Gasteiger partial charge < -0.3 is 9.30 Å². The zero-order valence-electron chi connectivity index (χ0n) is 15.7. The number of halogens is 2. The third kappa shape index (κ3) is 3.60. The Morgan fingerprint density at radius 1 is 1.07 bits per heavy atom. The molecule has 0 radical (unpaired) electrons. The maximum Gasteiger partial charge on any atom is 0.153 e. The number of nitrogens with zero attached hydrogens (tertiary/aromatic N) is 2. The van der Waals surface area contributed by atoms with E-state index in [2.05, 4.69) is 0 Å². The second kappa shape index (κ2) is 7.64. The summed E-state index contributed by atoms with van der Waals surface area (Å²) in [4.78, 5) is 4.76. The number of hydrogen-bond donors (Lipinski definition) is 0. The molecule has 1 heterocycles. The fraction of sp³-hybridized carbons (Fsp3) is 0.174. The van der Waals surface area contributed by atoms with Crippen LogP contribution in [0, 0.1) is 12.7 Å². The zero-order chi connectivity index (χ0) is 19.7. The smallest absolute Gasteiger partial charge is 0.153 e. The first-order valence-electron chi connectivity index (χ1n) is 9.14. The average molecular weight is 395 g/mol. The van der Waals surface area contributed by atoms with Crippen LogP contribution < -0.4 is 4.74 Å². The predicted molar refractivity (Wildman–Crippen MR) is 110 cm³/mol. The van der Waals surface area contributed by atoms with Gasteiger partial charge in [-0.25, -0.2) is 9.37 Å². The minimum Gasteiger partial charge on any atom is -0.483 e. The molecule has 0 aliphatic rings. The van der Waals surface area contributed by atoms with Crippen LogP contribution in [0.1, 0.15) is 30.0 Å². The summed E-state index contributed by atoms with van der Waals surface area (Å²) in [6.45, 7) is 4.27. The predicted octanol–water partition coefficient (Wildman–Crippen LogP) is 6.33. The molecule has 0 spiro atoms. The van der Waals surface area contributed by atoms with E-state index in [9.17, 15) is 4.39 Å². The van der Waals surface area contributed by atoms with E-state index in [1.54, 1.807) is 12.1 Å². The van der Waals surface area contributed by atoms with E-state index in [0.717, 1.165) is 28.2 Å². The molecule has 3 aromatic carbocycles. The second-order valence-corrected chi connectivity index (χ2v) is 7.21. The summed E-state index contributed by atoms with van der Waals surface area (Å²) in [6.07, 6.45) is -0.320. The number of imidazole rings is 1. The molecular formula is C23H20ClFN2O. The molecule has 4 rings (SSSR count). The van der Waals surface area contributed by atoms with Crippen molar-refractivity contribution in [1.29, 1.82) is 0 Å². The van der Waals surface area contributed by atoms with Gasteiger partial charge in [-0.15, -0.1) is 0 Å². The van der Waals surface area contributed by atoms with Crippen LogP contribution in [0.4, 0.5) is 4.39 Å². The average Bonchev–Trinajstić information content (AvgIpc) is 3.05.